The third-order valence-corrected chi connectivity index (χ3v) is 5.09. The Kier molecular flexibility index (Phi) is 5.11. The fraction of sp³-hybridized carbons (Fsp3) is 0.588. The van der Waals surface area contributed by atoms with Crippen molar-refractivity contribution >= 4 is 17.3 Å². The highest BCUT2D eigenvalue weighted by Gasteiger charge is 2.35. The summed E-state index contributed by atoms with van der Waals surface area (Å²) in [6.45, 7) is 3.92. The summed E-state index contributed by atoms with van der Waals surface area (Å²) < 4.78 is 5.85. The van der Waals surface area contributed by atoms with E-state index >= 15 is 0 Å². The van der Waals surface area contributed by atoms with E-state index in [2.05, 4.69) is 10.2 Å². The van der Waals surface area contributed by atoms with Crippen molar-refractivity contribution in [3.63, 3.8) is 0 Å². The SMILES string of the molecule is CC(C(=O)Nc1ccccc1[N+](=O)[O-])N1CCOC(C2CCC2)C1. The van der Waals surface area contributed by atoms with Crippen LogP contribution in [0.15, 0.2) is 24.3 Å². The molecule has 1 aromatic rings. The molecule has 1 aliphatic heterocycles. The highest BCUT2D eigenvalue weighted by molar-refractivity contribution is 5.96. The van der Waals surface area contributed by atoms with Crippen molar-refractivity contribution in [3.05, 3.63) is 34.4 Å². The summed E-state index contributed by atoms with van der Waals surface area (Å²) in [5.74, 6) is 0.386. The monoisotopic (exact) mass is 333 g/mol. The highest BCUT2D eigenvalue weighted by Crippen LogP contribution is 2.33. The number of nitrogens with one attached hydrogen (secondary N) is 1. The van der Waals surface area contributed by atoms with Crippen molar-refractivity contribution < 1.29 is 14.5 Å². The molecule has 2 aliphatic rings. The van der Waals surface area contributed by atoms with Crippen LogP contribution in [0.3, 0.4) is 0 Å². The Morgan fingerprint density at radius 3 is 2.83 bits per heavy atom. The summed E-state index contributed by atoms with van der Waals surface area (Å²) in [4.78, 5) is 25.2. The molecule has 2 fully saturated rings. The van der Waals surface area contributed by atoms with E-state index in [0.717, 1.165) is 6.54 Å². The molecule has 0 bridgehead atoms. The first-order chi connectivity index (χ1) is 11.6. The number of nitro groups is 1. The molecule has 1 amide bonds. The zero-order valence-corrected chi connectivity index (χ0v) is 13.8. The zero-order valence-electron chi connectivity index (χ0n) is 13.8. The first-order valence-corrected chi connectivity index (χ1v) is 8.46. The van der Waals surface area contributed by atoms with Gasteiger partial charge >= 0.3 is 0 Å². The van der Waals surface area contributed by atoms with E-state index in [4.69, 9.17) is 4.74 Å². The van der Waals surface area contributed by atoms with Crippen molar-refractivity contribution in [2.75, 3.05) is 25.0 Å². The fourth-order valence-electron chi connectivity index (χ4n) is 3.29. The standard InChI is InChI=1S/C17H23N3O4/c1-12(19-9-10-24-16(11-19)13-5-4-6-13)17(21)18-14-7-2-3-8-15(14)20(22)23/h2-3,7-8,12-13,16H,4-6,9-11H2,1H3,(H,18,21). The van der Waals surface area contributed by atoms with Gasteiger partial charge in [-0.3, -0.25) is 19.8 Å². The van der Waals surface area contributed by atoms with E-state index in [9.17, 15) is 14.9 Å². The molecular formula is C17H23N3O4. The van der Waals surface area contributed by atoms with Crippen LogP contribution in [0.25, 0.3) is 0 Å². The molecule has 3 rings (SSSR count). The van der Waals surface area contributed by atoms with Gasteiger partial charge in [-0.25, -0.2) is 0 Å². The Labute approximate surface area is 141 Å². The Bertz CT molecular complexity index is 618. The van der Waals surface area contributed by atoms with Gasteiger partial charge in [0.05, 0.1) is 23.7 Å². The second-order valence-electron chi connectivity index (χ2n) is 6.53. The van der Waals surface area contributed by atoms with Gasteiger partial charge in [0.25, 0.3) is 5.69 Å². The summed E-state index contributed by atoms with van der Waals surface area (Å²) in [7, 11) is 0. The number of hydrogen-bond donors (Lipinski definition) is 1. The molecule has 7 nitrogen and oxygen atoms in total. The van der Waals surface area contributed by atoms with E-state index in [-0.39, 0.29) is 29.4 Å². The van der Waals surface area contributed by atoms with Crippen LogP contribution in [0.5, 0.6) is 0 Å². The molecule has 0 radical (unpaired) electrons. The van der Waals surface area contributed by atoms with Crippen LogP contribution in [0.4, 0.5) is 11.4 Å². The number of nitrogens with zero attached hydrogens (tertiary/aromatic N) is 2. The van der Waals surface area contributed by atoms with Crippen molar-refractivity contribution in [2.24, 2.45) is 5.92 Å². The minimum atomic E-state index is -0.484. The van der Waals surface area contributed by atoms with Crippen molar-refractivity contribution in [3.8, 4) is 0 Å². The molecule has 2 unspecified atom stereocenters. The smallest absolute Gasteiger partial charge is 0.292 e. The number of benzene rings is 1. The van der Waals surface area contributed by atoms with E-state index in [1.54, 1.807) is 18.2 Å². The van der Waals surface area contributed by atoms with Gasteiger partial charge in [0.2, 0.25) is 5.91 Å². The molecule has 1 saturated heterocycles. The van der Waals surface area contributed by atoms with Crippen LogP contribution in [0, 0.1) is 16.0 Å². The lowest BCUT2D eigenvalue weighted by molar-refractivity contribution is -0.383. The number of anilines is 1. The second-order valence-corrected chi connectivity index (χ2v) is 6.53. The average molecular weight is 333 g/mol. The van der Waals surface area contributed by atoms with E-state index < -0.39 is 4.92 Å². The third kappa shape index (κ3) is 3.57. The number of para-hydroxylation sites is 2. The van der Waals surface area contributed by atoms with Crippen LogP contribution in [0.1, 0.15) is 26.2 Å². The highest BCUT2D eigenvalue weighted by atomic mass is 16.6. The molecule has 1 aliphatic carbocycles. The number of hydrogen-bond acceptors (Lipinski definition) is 5. The normalized spacial score (nSPS) is 23.3. The quantitative estimate of drug-likeness (QED) is 0.661. The van der Waals surface area contributed by atoms with Crippen LogP contribution in [-0.2, 0) is 9.53 Å². The van der Waals surface area contributed by atoms with Gasteiger partial charge < -0.3 is 10.1 Å². The van der Waals surface area contributed by atoms with Crippen LogP contribution in [0.2, 0.25) is 0 Å². The maximum Gasteiger partial charge on any atom is 0.292 e. The summed E-state index contributed by atoms with van der Waals surface area (Å²) in [6, 6.07) is 5.86. The second kappa shape index (κ2) is 7.27. The average Bonchev–Trinajstić information content (AvgIpc) is 2.53. The first kappa shape index (κ1) is 16.9. The van der Waals surface area contributed by atoms with Gasteiger partial charge in [0, 0.05) is 19.2 Å². The summed E-state index contributed by atoms with van der Waals surface area (Å²) in [5.41, 5.74) is 0.149. The molecule has 1 heterocycles. The predicted molar refractivity (Wildman–Crippen MR) is 89.8 cm³/mol. The topological polar surface area (TPSA) is 84.7 Å². The Balaban J connectivity index is 1.63. The molecule has 1 N–H and O–H groups in total. The van der Waals surface area contributed by atoms with Gasteiger partial charge in [-0.15, -0.1) is 0 Å². The molecule has 7 heteroatoms. The Morgan fingerprint density at radius 2 is 2.17 bits per heavy atom. The number of ether oxygens (including phenoxy) is 1. The molecule has 0 aromatic heterocycles. The van der Waals surface area contributed by atoms with Crippen molar-refractivity contribution in [1.82, 2.24) is 4.90 Å². The van der Waals surface area contributed by atoms with Crippen LogP contribution in [-0.4, -0.2) is 47.6 Å². The van der Waals surface area contributed by atoms with Crippen LogP contribution >= 0.6 is 0 Å². The number of carbonyl (C=O) groups is 1. The Morgan fingerprint density at radius 1 is 1.42 bits per heavy atom. The van der Waals surface area contributed by atoms with Gasteiger partial charge in [-0.05, 0) is 31.7 Å². The maximum atomic E-state index is 12.5. The van der Waals surface area contributed by atoms with Gasteiger partial charge in [-0.1, -0.05) is 18.6 Å². The fourth-order valence-corrected chi connectivity index (χ4v) is 3.29. The molecule has 0 spiro atoms. The maximum absolute atomic E-state index is 12.5. The summed E-state index contributed by atoms with van der Waals surface area (Å²) >= 11 is 0. The first-order valence-electron chi connectivity index (χ1n) is 8.46. The lowest BCUT2D eigenvalue weighted by Gasteiger charge is -2.42. The van der Waals surface area contributed by atoms with E-state index in [0.29, 0.717) is 19.1 Å². The minimum Gasteiger partial charge on any atom is -0.375 e. The van der Waals surface area contributed by atoms with Crippen molar-refractivity contribution in [1.29, 1.82) is 0 Å². The lowest BCUT2D eigenvalue weighted by atomic mass is 9.80. The molecular weight excluding hydrogens is 310 g/mol. The van der Waals surface area contributed by atoms with Gasteiger partial charge in [0.1, 0.15) is 5.69 Å². The summed E-state index contributed by atoms with van der Waals surface area (Å²) in [5, 5.41) is 13.8. The van der Waals surface area contributed by atoms with Crippen LogP contribution < -0.4 is 5.32 Å². The number of nitro benzene ring substituents is 1. The number of morpholine rings is 1. The predicted octanol–water partition coefficient (Wildman–Crippen LogP) is 2.42. The number of amides is 1. The number of carbonyl (C=O) groups excluding carboxylic acids is 1. The number of rotatable bonds is 5. The lowest BCUT2D eigenvalue weighted by Crippen LogP contribution is -2.53. The third-order valence-electron chi connectivity index (χ3n) is 5.09. The van der Waals surface area contributed by atoms with Gasteiger partial charge in [0.15, 0.2) is 0 Å². The largest absolute Gasteiger partial charge is 0.375 e. The van der Waals surface area contributed by atoms with Gasteiger partial charge in [-0.2, -0.15) is 0 Å². The van der Waals surface area contributed by atoms with Crippen molar-refractivity contribution in [2.45, 2.75) is 38.3 Å². The molecule has 2 atom stereocenters. The minimum absolute atomic E-state index is 0.0904. The Hall–Kier alpha value is -1.99. The molecule has 24 heavy (non-hydrogen) atoms. The van der Waals surface area contributed by atoms with E-state index in [1.807, 2.05) is 6.92 Å². The van der Waals surface area contributed by atoms with E-state index in [1.165, 1.54) is 25.3 Å². The molecule has 1 saturated carbocycles. The molecule has 130 valence electrons. The zero-order chi connectivity index (χ0) is 17.1. The molecule has 1 aromatic carbocycles. The summed E-state index contributed by atoms with van der Waals surface area (Å²) in [6.07, 6.45) is 3.87.